The predicted octanol–water partition coefficient (Wildman–Crippen LogP) is 0.303. The normalized spacial score (nSPS) is 24.0. The highest BCUT2D eigenvalue weighted by molar-refractivity contribution is 8.13. The number of thioether (sulfide) groups is 1. The van der Waals surface area contributed by atoms with Crippen LogP contribution in [-0.2, 0) is 4.79 Å². The molecule has 22 heavy (non-hydrogen) atoms. The molecule has 1 N–H and O–H groups in total. The van der Waals surface area contributed by atoms with Crippen molar-refractivity contribution >= 4 is 28.9 Å². The Balaban J connectivity index is 1.92. The van der Waals surface area contributed by atoms with Crippen molar-refractivity contribution in [3.8, 4) is 0 Å². The molecule has 0 spiro atoms. The van der Waals surface area contributed by atoms with E-state index < -0.39 is 18.2 Å². The number of nitrogens with zero attached hydrogens (tertiary/aromatic N) is 5. The Labute approximate surface area is 131 Å². The lowest BCUT2D eigenvalue weighted by Crippen LogP contribution is -2.63. The van der Waals surface area contributed by atoms with Gasteiger partial charge in [-0.05, 0) is 17.8 Å². The topological polar surface area (TPSA) is 90.8 Å². The van der Waals surface area contributed by atoms with Crippen LogP contribution in [-0.4, -0.2) is 62.7 Å². The van der Waals surface area contributed by atoms with Crippen LogP contribution in [0.5, 0.6) is 0 Å². The quantitative estimate of drug-likeness (QED) is 0.637. The van der Waals surface area contributed by atoms with E-state index in [1.54, 1.807) is 36.5 Å². The number of imide groups is 1. The Morgan fingerprint density at radius 1 is 1.41 bits per heavy atom. The van der Waals surface area contributed by atoms with Crippen LogP contribution in [0.3, 0.4) is 0 Å². The first kappa shape index (κ1) is 14.5. The minimum atomic E-state index is -0.563. The van der Waals surface area contributed by atoms with Crippen molar-refractivity contribution in [1.29, 1.82) is 0 Å². The number of hydrogen-bond donors (Lipinski definition) is 1. The van der Waals surface area contributed by atoms with Crippen molar-refractivity contribution in [3.63, 3.8) is 0 Å². The lowest BCUT2D eigenvalue weighted by Gasteiger charge is -2.35. The minimum Gasteiger partial charge on any atom is -0.332 e. The molecule has 2 unspecified atom stereocenters. The van der Waals surface area contributed by atoms with Gasteiger partial charge in [0.25, 0.3) is 5.91 Å². The van der Waals surface area contributed by atoms with Crippen molar-refractivity contribution in [2.24, 2.45) is 4.99 Å². The standard InChI is InChI=1S/C13H14N6O2S/c1-3-7-19-8-9(18(2)12(21)17-10(8)20)16-13(19)22-11-14-5-4-6-15-11/h3-6,8-9H,1,7H2,2H3,(H,17,20,21). The van der Waals surface area contributed by atoms with Gasteiger partial charge in [0, 0.05) is 26.0 Å². The van der Waals surface area contributed by atoms with Gasteiger partial charge in [0.1, 0.15) is 0 Å². The van der Waals surface area contributed by atoms with E-state index in [2.05, 4.69) is 26.9 Å². The van der Waals surface area contributed by atoms with Gasteiger partial charge in [-0.25, -0.2) is 19.8 Å². The summed E-state index contributed by atoms with van der Waals surface area (Å²) >= 11 is 1.26. The molecule has 1 aromatic heterocycles. The molecule has 0 aliphatic carbocycles. The summed E-state index contributed by atoms with van der Waals surface area (Å²) < 4.78 is 0. The van der Waals surface area contributed by atoms with E-state index in [1.807, 2.05) is 0 Å². The van der Waals surface area contributed by atoms with Crippen molar-refractivity contribution in [1.82, 2.24) is 25.1 Å². The molecular formula is C13H14N6O2S. The van der Waals surface area contributed by atoms with Gasteiger partial charge in [-0.3, -0.25) is 10.1 Å². The molecule has 0 radical (unpaired) electrons. The van der Waals surface area contributed by atoms with E-state index in [0.29, 0.717) is 16.9 Å². The molecule has 2 aliphatic rings. The average Bonchev–Trinajstić information content (AvgIpc) is 2.86. The summed E-state index contributed by atoms with van der Waals surface area (Å²) in [6.07, 6.45) is 4.41. The lowest BCUT2D eigenvalue weighted by molar-refractivity contribution is -0.126. The van der Waals surface area contributed by atoms with Crippen LogP contribution < -0.4 is 5.32 Å². The number of amidine groups is 1. The number of carbonyl (C=O) groups is 2. The number of aliphatic imine (C=N–C) groups is 1. The van der Waals surface area contributed by atoms with Gasteiger partial charge in [-0.1, -0.05) is 6.08 Å². The number of rotatable bonds is 3. The first-order valence-electron chi connectivity index (χ1n) is 6.59. The molecule has 0 bridgehead atoms. The summed E-state index contributed by atoms with van der Waals surface area (Å²) in [6.45, 7) is 4.15. The Morgan fingerprint density at radius 3 is 2.82 bits per heavy atom. The minimum absolute atomic E-state index is 0.358. The number of aromatic nitrogens is 2. The summed E-state index contributed by atoms with van der Waals surface area (Å²) in [6, 6.07) is 0.712. The molecule has 114 valence electrons. The zero-order valence-electron chi connectivity index (χ0n) is 11.8. The van der Waals surface area contributed by atoms with Gasteiger partial charge >= 0.3 is 6.03 Å². The Morgan fingerprint density at radius 2 is 2.14 bits per heavy atom. The van der Waals surface area contributed by atoms with E-state index >= 15 is 0 Å². The van der Waals surface area contributed by atoms with Gasteiger partial charge in [-0.15, -0.1) is 6.58 Å². The number of hydrogen-bond acceptors (Lipinski definition) is 7. The zero-order valence-corrected chi connectivity index (χ0v) is 12.7. The molecule has 1 aromatic rings. The third-order valence-corrected chi connectivity index (χ3v) is 4.29. The molecule has 2 aliphatic heterocycles. The van der Waals surface area contributed by atoms with E-state index in [1.165, 1.54) is 16.7 Å². The van der Waals surface area contributed by atoms with Gasteiger partial charge in [0.15, 0.2) is 22.5 Å². The van der Waals surface area contributed by atoms with Crippen molar-refractivity contribution in [2.45, 2.75) is 17.4 Å². The molecule has 1 fully saturated rings. The van der Waals surface area contributed by atoms with E-state index in [4.69, 9.17) is 0 Å². The number of likely N-dealkylation sites (N-methyl/N-ethyl adjacent to an activating group) is 1. The summed E-state index contributed by atoms with van der Waals surface area (Å²) in [7, 11) is 1.61. The highest BCUT2D eigenvalue weighted by Crippen LogP contribution is 2.30. The fraction of sp³-hybridized carbons (Fsp3) is 0.308. The fourth-order valence-corrected chi connectivity index (χ4v) is 3.19. The third-order valence-electron chi connectivity index (χ3n) is 3.37. The van der Waals surface area contributed by atoms with Gasteiger partial charge in [-0.2, -0.15) is 0 Å². The molecular weight excluding hydrogens is 304 g/mol. The maximum atomic E-state index is 12.2. The average molecular weight is 318 g/mol. The van der Waals surface area contributed by atoms with Crippen LogP contribution in [0.15, 0.2) is 41.3 Å². The first-order valence-corrected chi connectivity index (χ1v) is 7.41. The summed E-state index contributed by atoms with van der Waals surface area (Å²) in [5.41, 5.74) is 0. The number of nitrogens with one attached hydrogen (secondary N) is 1. The molecule has 8 nitrogen and oxygen atoms in total. The number of carbonyl (C=O) groups excluding carboxylic acids is 2. The van der Waals surface area contributed by atoms with E-state index in [0.717, 1.165) is 0 Å². The fourth-order valence-electron chi connectivity index (χ4n) is 2.34. The monoisotopic (exact) mass is 318 g/mol. The van der Waals surface area contributed by atoms with Crippen molar-refractivity contribution in [2.75, 3.05) is 13.6 Å². The smallest absolute Gasteiger partial charge is 0.325 e. The van der Waals surface area contributed by atoms with Crippen LogP contribution in [0.4, 0.5) is 4.79 Å². The second-order valence-corrected chi connectivity index (χ2v) is 5.68. The molecule has 3 heterocycles. The second kappa shape index (κ2) is 5.76. The van der Waals surface area contributed by atoms with Crippen molar-refractivity contribution < 1.29 is 9.59 Å². The predicted molar refractivity (Wildman–Crippen MR) is 81.1 cm³/mol. The van der Waals surface area contributed by atoms with Gasteiger partial charge in [0.05, 0.1) is 0 Å². The Kier molecular flexibility index (Phi) is 3.80. The maximum absolute atomic E-state index is 12.2. The summed E-state index contributed by atoms with van der Waals surface area (Å²) in [5, 5.41) is 3.46. The van der Waals surface area contributed by atoms with Gasteiger partial charge < -0.3 is 9.80 Å². The molecule has 2 atom stereocenters. The van der Waals surface area contributed by atoms with Crippen LogP contribution >= 0.6 is 11.8 Å². The van der Waals surface area contributed by atoms with Crippen LogP contribution in [0.1, 0.15) is 0 Å². The van der Waals surface area contributed by atoms with Crippen LogP contribution in [0.25, 0.3) is 0 Å². The molecule has 3 amide bonds. The van der Waals surface area contributed by atoms with Crippen LogP contribution in [0, 0.1) is 0 Å². The second-order valence-electron chi connectivity index (χ2n) is 4.75. The number of amides is 3. The summed E-state index contributed by atoms with van der Waals surface area (Å²) in [5.74, 6) is -0.358. The van der Waals surface area contributed by atoms with Gasteiger partial charge in [0.2, 0.25) is 0 Å². The third kappa shape index (κ3) is 2.43. The molecule has 3 rings (SSSR count). The molecule has 0 aromatic carbocycles. The molecule has 1 saturated heterocycles. The number of fused-ring (bicyclic) bond motifs is 1. The Bertz CT molecular complexity index is 649. The SMILES string of the molecule is C=CCN1C(Sc2ncccn2)=NC2C1C(=O)NC(=O)N2C. The molecule has 0 saturated carbocycles. The zero-order chi connectivity index (χ0) is 15.7. The van der Waals surface area contributed by atoms with Crippen molar-refractivity contribution in [3.05, 3.63) is 31.1 Å². The van der Waals surface area contributed by atoms with E-state index in [-0.39, 0.29) is 5.91 Å². The maximum Gasteiger partial charge on any atom is 0.325 e. The molecule has 9 heteroatoms. The van der Waals surface area contributed by atoms with E-state index in [9.17, 15) is 9.59 Å². The highest BCUT2D eigenvalue weighted by Gasteiger charge is 2.48. The lowest BCUT2D eigenvalue weighted by atomic mass is 10.1. The summed E-state index contributed by atoms with van der Waals surface area (Å²) in [4.78, 5) is 39.9. The largest absolute Gasteiger partial charge is 0.332 e. The number of urea groups is 1. The first-order chi connectivity index (χ1) is 10.6. The highest BCUT2D eigenvalue weighted by atomic mass is 32.2. The Hall–Kier alpha value is -2.42. The van der Waals surface area contributed by atoms with Crippen LogP contribution in [0.2, 0.25) is 0 Å².